The third-order valence-corrected chi connectivity index (χ3v) is 4.91. The van der Waals surface area contributed by atoms with Crippen LogP contribution in [0.4, 0.5) is 4.39 Å². The van der Waals surface area contributed by atoms with E-state index in [0.717, 1.165) is 5.56 Å². The van der Waals surface area contributed by atoms with Gasteiger partial charge in [0.05, 0.1) is 17.1 Å². The molecule has 5 nitrogen and oxygen atoms in total. The molecule has 0 bridgehead atoms. The van der Waals surface area contributed by atoms with E-state index in [0.29, 0.717) is 22.1 Å². The Morgan fingerprint density at radius 1 is 1.03 bits per heavy atom. The summed E-state index contributed by atoms with van der Waals surface area (Å²) >= 11 is 6.07. The van der Waals surface area contributed by atoms with E-state index < -0.39 is 11.9 Å². The molecule has 1 aromatic heterocycles. The number of furan rings is 1. The number of carbonyl (C=O) groups excluding carboxylic acids is 2. The van der Waals surface area contributed by atoms with Crippen molar-refractivity contribution in [1.29, 1.82) is 0 Å². The Balaban J connectivity index is 1.62. The molecule has 0 aliphatic heterocycles. The van der Waals surface area contributed by atoms with Crippen LogP contribution in [0.15, 0.2) is 65.1 Å². The van der Waals surface area contributed by atoms with Crippen LogP contribution < -0.4 is 10.6 Å². The zero-order chi connectivity index (χ0) is 21.7. The molecule has 0 saturated carbocycles. The Hall–Kier alpha value is -3.12. The summed E-state index contributed by atoms with van der Waals surface area (Å²) < 4.78 is 18.8. The van der Waals surface area contributed by atoms with Crippen LogP contribution in [0, 0.1) is 11.7 Å². The minimum Gasteiger partial charge on any atom is -0.459 e. The average molecular weight is 429 g/mol. The number of halogens is 2. The quantitative estimate of drug-likeness (QED) is 0.567. The second-order valence-electron chi connectivity index (χ2n) is 7.17. The van der Waals surface area contributed by atoms with Crippen molar-refractivity contribution < 1.29 is 18.4 Å². The summed E-state index contributed by atoms with van der Waals surface area (Å²) in [5.74, 6) is -0.0790. The van der Waals surface area contributed by atoms with Crippen molar-refractivity contribution in [2.75, 3.05) is 0 Å². The van der Waals surface area contributed by atoms with Crippen LogP contribution in [0.2, 0.25) is 5.02 Å². The minimum absolute atomic E-state index is 0.136. The summed E-state index contributed by atoms with van der Waals surface area (Å²) in [4.78, 5) is 25.2. The third-order valence-electron chi connectivity index (χ3n) is 4.58. The standard InChI is InChI=1S/C23H22ClFN2O3/c1-14(2)21(27-22(28)18-5-3-4-6-19(18)24)23(29)26-13-17-11-12-20(30-17)15-7-9-16(25)10-8-15/h3-12,14,21H,13H2,1-2H3,(H,26,29)(H,27,28). The number of rotatable bonds is 7. The average Bonchev–Trinajstić information content (AvgIpc) is 3.19. The summed E-state index contributed by atoms with van der Waals surface area (Å²) in [6.45, 7) is 3.85. The maximum Gasteiger partial charge on any atom is 0.253 e. The molecule has 2 N–H and O–H groups in total. The molecular formula is C23H22ClFN2O3. The second-order valence-corrected chi connectivity index (χ2v) is 7.57. The zero-order valence-corrected chi connectivity index (χ0v) is 17.4. The monoisotopic (exact) mass is 428 g/mol. The molecule has 2 aromatic carbocycles. The minimum atomic E-state index is -0.736. The van der Waals surface area contributed by atoms with Gasteiger partial charge in [0.2, 0.25) is 5.91 Å². The number of hydrogen-bond acceptors (Lipinski definition) is 3. The van der Waals surface area contributed by atoms with E-state index in [4.69, 9.17) is 16.0 Å². The van der Waals surface area contributed by atoms with Gasteiger partial charge >= 0.3 is 0 Å². The van der Waals surface area contributed by atoms with Gasteiger partial charge in [-0.1, -0.05) is 37.6 Å². The van der Waals surface area contributed by atoms with Crippen molar-refractivity contribution in [2.45, 2.75) is 26.4 Å². The van der Waals surface area contributed by atoms with E-state index in [2.05, 4.69) is 10.6 Å². The van der Waals surface area contributed by atoms with E-state index in [1.54, 1.807) is 48.5 Å². The molecule has 1 heterocycles. The van der Waals surface area contributed by atoms with Crippen molar-refractivity contribution >= 4 is 23.4 Å². The highest BCUT2D eigenvalue weighted by Crippen LogP contribution is 2.22. The molecule has 2 amide bonds. The fourth-order valence-corrected chi connectivity index (χ4v) is 3.15. The topological polar surface area (TPSA) is 71.3 Å². The van der Waals surface area contributed by atoms with E-state index in [9.17, 15) is 14.0 Å². The van der Waals surface area contributed by atoms with Crippen molar-refractivity contribution in [3.8, 4) is 11.3 Å². The SMILES string of the molecule is CC(C)C(NC(=O)c1ccccc1Cl)C(=O)NCc1ccc(-c2ccc(F)cc2)o1. The Labute approximate surface area is 179 Å². The van der Waals surface area contributed by atoms with Gasteiger partial charge in [-0.25, -0.2) is 4.39 Å². The number of hydrogen-bond donors (Lipinski definition) is 2. The highest BCUT2D eigenvalue weighted by molar-refractivity contribution is 6.33. The molecule has 156 valence electrons. The van der Waals surface area contributed by atoms with E-state index in [1.807, 2.05) is 13.8 Å². The predicted octanol–water partition coefficient (Wildman–Crippen LogP) is 4.81. The van der Waals surface area contributed by atoms with Crippen LogP contribution in [0.3, 0.4) is 0 Å². The second kappa shape index (κ2) is 9.59. The molecule has 7 heteroatoms. The lowest BCUT2D eigenvalue weighted by molar-refractivity contribution is -0.124. The molecule has 0 aliphatic carbocycles. The van der Waals surface area contributed by atoms with Gasteiger partial charge in [-0.3, -0.25) is 9.59 Å². The smallest absolute Gasteiger partial charge is 0.253 e. The van der Waals surface area contributed by atoms with Gasteiger partial charge in [0.25, 0.3) is 5.91 Å². The molecule has 0 spiro atoms. The maximum absolute atomic E-state index is 13.1. The fourth-order valence-electron chi connectivity index (χ4n) is 2.93. The summed E-state index contributed by atoms with van der Waals surface area (Å²) in [6.07, 6.45) is 0. The van der Waals surface area contributed by atoms with Crippen LogP contribution in [0.25, 0.3) is 11.3 Å². The molecule has 1 unspecified atom stereocenters. The molecule has 3 aromatic rings. The number of carbonyl (C=O) groups is 2. The number of benzene rings is 2. The van der Waals surface area contributed by atoms with Gasteiger partial charge in [0.15, 0.2) is 0 Å². The Bertz CT molecular complexity index is 1030. The van der Waals surface area contributed by atoms with E-state index >= 15 is 0 Å². The third kappa shape index (κ3) is 5.27. The highest BCUT2D eigenvalue weighted by Gasteiger charge is 2.25. The largest absolute Gasteiger partial charge is 0.459 e. The molecule has 30 heavy (non-hydrogen) atoms. The van der Waals surface area contributed by atoms with Gasteiger partial charge in [-0.15, -0.1) is 0 Å². The van der Waals surface area contributed by atoms with Crippen LogP contribution in [0.5, 0.6) is 0 Å². The molecule has 0 aliphatic rings. The summed E-state index contributed by atoms with van der Waals surface area (Å²) in [5.41, 5.74) is 1.05. The van der Waals surface area contributed by atoms with Gasteiger partial charge in [0, 0.05) is 5.56 Å². The first-order valence-corrected chi connectivity index (χ1v) is 9.90. The lowest BCUT2D eigenvalue weighted by Gasteiger charge is -2.21. The number of nitrogens with one attached hydrogen (secondary N) is 2. The predicted molar refractivity (Wildman–Crippen MR) is 113 cm³/mol. The normalized spacial score (nSPS) is 11.9. The zero-order valence-electron chi connectivity index (χ0n) is 16.6. The van der Waals surface area contributed by atoms with Crippen molar-refractivity contribution in [2.24, 2.45) is 5.92 Å². The molecular weight excluding hydrogens is 407 g/mol. The van der Waals surface area contributed by atoms with Gasteiger partial charge < -0.3 is 15.1 Å². The molecule has 0 saturated heterocycles. The van der Waals surface area contributed by atoms with Crippen molar-refractivity contribution in [1.82, 2.24) is 10.6 Å². The molecule has 0 fully saturated rings. The summed E-state index contributed by atoms with van der Waals surface area (Å²) in [6, 6.07) is 15.4. The van der Waals surface area contributed by atoms with Crippen LogP contribution in [-0.2, 0) is 11.3 Å². The Kier molecular flexibility index (Phi) is 6.90. The Morgan fingerprint density at radius 3 is 2.40 bits per heavy atom. The summed E-state index contributed by atoms with van der Waals surface area (Å²) in [7, 11) is 0. The van der Waals surface area contributed by atoms with Crippen LogP contribution in [0.1, 0.15) is 30.0 Å². The van der Waals surface area contributed by atoms with E-state index in [-0.39, 0.29) is 24.2 Å². The lowest BCUT2D eigenvalue weighted by Crippen LogP contribution is -2.49. The van der Waals surface area contributed by atoms with Crippen molar-refractivity contribution in [3.63, 3.8) is 0 Å². The summed E-state index contributed by atoms with van der Waals surface area (Å²) in [5, 5.41) is 5.85. The van der Waals surface area contributed by atoms with Crippen molar-refractivity contribution in [3.05, 3.63) is 82.8 Å². The highest BCUT2D eigenvalue weighted by atomic mass is 35.5. The lowest BCUT2D eigenvalue weighted by atomic mass is 10.0. The van der Waals surface area contributed by atoms with E-state index in [1.165, 1.54) is 12.1 Å². The molecule has 3 rings (SSSR count). The molecule has 1 atom stereocenters. The Morgan fingerprint density at radius 2 is 1.73 bits per heavy atom. The number of amides is 2. The van der Waals surface area contributed by atoms with Gasteiger partial charge in [-0.2, -0.15) is 0 Å². The van der Waals surface area contributed by atoms with Crippen LogP contribution >= 0.6 is 11.6 Å². The van der Waals surface area contributed by atoms with Crippen LogP contribution in [-0.4, -0.2) is 17.9 Å². The maximum atomic E-state index is 13.1. The first-order valence-electron chi connectivity index (χ1n) is 9.53. The van der Waals surface area contributed by atoms with Gasteiger partial charge in [-0.05, 0) is 54.4 Å². The fraction of sp³-hybridized carbons (Fsp3) is 0.217. The first kappa shape index (κ1) is 21.6. The van der Waals surface area contributed by atoms with Gasteiger partial charge in [0.1, 0.15) is 23.4 Å². The first-order chi connectivity index (χ1) is 14.3. The molecule has 0 radical (unpaired) electrons.